The summed E-state index contributed by atoms with van der Waals surface area (Å²) in [6, 6.07) is 8.93. The largest absolute Gasteiger partial charge is 0.458 e. The van der Waals surface area contributed by atoms with Gasteiger partial charge < -0.3 is 68.5 Å². The van der Waals surface area contributed by atoms with Crippen molar-refractivity contribution in [3.63, 3.8) is 0 Å². The van der Waals surface area contributed by atoms with Crippen LogP contribution in [0.2, 0.25) is 0 Å². The van der Waals surface area contributed by atoms with E-state index in [0.717, 1.165) is 5.56 Å². The van der Waals surface area contributed by atoms with Gasteiger partial charge in [-0.15, -0.1) is 0 Å². The van der Waals surface area contributed by atoms with Gasteiger partial charge in [-0.2, -0.15) is 0 Å². The van der Waals surface area contributed by atoms with Crippen LogP contribution >= 0.6 is 0 Å². The van der Waals surface area contributed by atoms with Crippen molar-refractivity contribution in [3.8, 4) is 0 Å². The first kappa shape index (κ1) is 52.1. The maximum absolute atomic E-state index is 14.2. The van der Waals surface area contributed by atoms with Crippen LogP contribution in [0.5, 0.6) is 0 Å². The van der Waals surface area contributed by atoms with E-state index in [-0.39, 0.29) is 24.9 Å². The minimum atomic E-state index is -1.87. The highest BCUT2D eigenvalue weighted by Crippen LogP contribution is 2.51. The number of carbonyl (C=O) groups excluding carboxylic acids is 3. The molecule has 18 heteroatoms. The minimum absolute atomic E-state index is 0.0429. The number of benzene rings is 1. The molecule has 3 saturated heterocycles. The van der Waals surface area contributed by atoms with Crippen molar-refractivity contribution in [1.82, 2.24) is 10.2 Å². The lowest BCUT2D eigenvalue weighted by Crippen LogP contribution is -2.61. The summed E-state index contributed by atoms with van der Waals surface area (Å²) < 4.78 is 54.9. The highest BCUT2D eigenvalue weighted by molar-refractivity contribution is 5.84. The Kier molecular flexibility index (Phi) is 17.4. The van der Waals surface area contributed by atoms with Crippen LogP contribution in [0.15, 0.2) is 30.3 Å². The molecular weight excluding hydrogens is 837 g/mol. The summed E-state index contributed by atoms with van der Waals surface area (Å²) in [6.45, 7) is 14.5. The quantitative estimate of drug-likeness (QED) is 0.142. The number of Topliss-reactive ketones (excluding diaryl/α,β-unsaturated/α-hetero) is 1. The number of hydrogen-bond donors (Lipinski definition) is 5. The molecule has 64 heavy (non-hydrogen) atoms. The fraction of sp³-hybridized carbons (Fsp3) is 0.804. The fourth-order valence-corrected chi connectivity index (χ4v) is 9.76. The number of carbonyl (C=O) groups is 3. The Labute approximate surface area is 377 Å². The number of methoxy groups -OCH3 is 2. The number of aliphatic hydroxyl groups is 4. The molecule has 3 aliphatic heterocycles. The second-order valence-corrected chi connectivity index (χ2v) is 18.9. The van der Waals surface area contributed by atoms with Gasteiger partial charge in [0.25, 0.3) is 6.48 Å². The summed E-state index contributed by atoms with van der Waals surface area (Å²) >= 11 is 0. The molecule has 5 rings (SSSR count). The van der Waals surface area contributed by atoms with E-state index in [0.29, 0.717) is 25.9 Å². The lowest BCUT2D eigenvalue weighted by Gasteiger charge is -2.49. The second-order valence-electron chi connectivity index (χ2n) is 18.9. The molecule has 19 atom stereocenters. The molecular formula is C46H74N2O16. The normalized spacial score (nSPS) is 43.5. The van der Waals surface area contributed by atoms with Gasteiger partial charge in [0, 0.05) is 50.5 Å². The molecule has 0 spiro atoms. The number of hydrogen-bond acceptors (Lipinski definition) is 17. The molecule has 1 unspecified atom stereocenters. The number of aliphatic hydroxyl groups excluding tert-OH is 3. The third-order valence-corrected chi connectivity index (χ3v) is 14.2. The Morgan fingerprint density at radius 1 is 0.922 bits per heavy atom. The van der Waals surface area contributed by atoms with Gasteiger partial charge >= 0.3 is 12.1 Å². The lowest BCUT2D eigenvalue weighted by molar-refractivity contribution is -0.454. The molecule has 4 aliphatic rings. The molecule has 1 aliphatic carbocycles. The first-order valence-corrected chi connectivity index (χ1v) is 22.6. The van der Waals surface area contributed by atoms with Crippen molar-refractivity contribution in [1.29, 1.82) is 0 Å². The van der Waals surface area contributed by atoms with Crippen LogP contribution in [0.25, 0.3) is 0 Å². The lowest BCUT2D eigenvalue weighted by atomic mass is 9.75. The molecule has 18 nitrogen and oxygen atoms in total. The summed E-state index contributed by atoms with van der Waals surface area (Å²) in [5.41, 5.74) is -2.35. The van der Waals surface area contributed by atoms with Crippen LogP contribution < -0.4 is 5.32 Å². The molecule has 1 amide bonds. The monoisotopic (exact) mass is 911 g/mol. The highest BCUT2D eigenvalue weighted by atomic mass is 16.9. The van der Waals surface area contributed by atoms with Crippen LogP contribution in [-0.4, -0.2) is 162 Å². The number of esters is 1. The first-order valence-electron chi connectivity index (χ1n) is 22.6. The maximum atomic E-state index is 14.2. The summed E-state index contributed by atoms with van der Waals surface area (Å²) in [4.78, 5) is 42.7. The van der Waals surface area contributed by atoms with Crippen molar-refractivity contribution >= 4 is 17.8 Å². The first-order chi connectivity index (χ1) is 30.0. The zero-order valence-electron chi connectivity index (χ0n) is 39.5. The van der Waals surface area contributed by atoms with E-state index in [1.165, 1.54) is 21.1 Å². The summed E-state index contributed by atoms with van der Waals surface area (Å²) in [5, 5.41) is 48.8. The number of alkyl carbamates (subject to hydrolysis) is 1. The zero-order chi connectivity index (χ0) is 47.5. The van der Waals surface area contributed by atoms with E-state index in [1.54, 1.807) is 48.5 Å². The molecule has 0 aromatic heterocycles. The number of ether oxygens (including phenoxy) is 9. The molecule has 5 N–H and O–H groups in total. The van der Waals surface area contributed by atoms with Crippen molar-refractivity contribution in [3.05, 3.63) is 35.9 Å². The van der Waals surface area contributed by atoms with E-state index < -0.39 is 120 Å². The highest BCUT2D eigenvalue weighted by Gasteiger charge is 2.70. The van der Waals surface area contributed by atoms with Crippen LogP contribution in [0.1, 0.15) is 87.1 Å². The summed E-state index contributed by atoms with van der Waals surface area (Å²) in [7, 11) is 4.71. The van der Waals surface area contributed by atoms with E-state index in [1.807, 2.05) is 49.2 Å². The average molecular weight is 911 g/mol. The van der Waals surface area contributed by atoms with E-state index in [2.05, 4.69) is 5.32 Å². The smallest absolute Gasteiger partial charge is 0.407 e. The number of nitrogens with one attached hydrogen (secondary N) is 1. The van der Waals surface area contributed by atoms with Crippen LogP contribution in [0.3, 0.4) is 0 Å². The Bertz CT molecular complexity index is 1710. The SMILES string of the molecule is CO[C@]1(C)O[C@H](O[C@H]2[C@H](C)[C@@H](O[C@@H]3O[C@H](C)C[C@H](N(C)CCCNC(=O)OCc4ccccc4)[C@H]3O)[C@@](C)(OC)C[C@@H](C)C(=O)[C@H](C)[C@@H](O)[C@@]3(O)C(C)[C@H]3OC(=O)[C@@H]2C)O[C@@H](C)[C@@H]1O. The van der Waals surface area contributed by atoms with Crippen molar-refractivity contribution in [2.75, 3.05) is 34.4 Å². The van der Waals surface area contributed by atoms with Gasteiger partial charge in [0.15, 0.2) is 12.1 Å². The number of amides is 1. The van der Waals surface area contributed by atoms with E-state index >= 15 is 0 Å². The molecule has 0 bridgehead atoms. The third-order valence-electron chi connectivity index (χ3n) is 14.2. The molecule has 1 saturated carbocycles. The Morgan fingerprint density at radius 2 is 1.59 bits per heavy atom. The number of nitrogens with zero attached hydrogens (tertiary/aromatic N) is 1. The Morgan fingerprint density at radius 3 is 2.23 bits per heavy atom. The third kappa shape index (κ3) is 11.3. The minimum Gasteiger partial charge on any atom is -0.458 e. The topological polar surface area (TPSA) is 230 Å². The summed E-state index contributed by atoms with van der Waals surface area (Å²) in [5.74, 6) is -7.12. The molecule has 1 aromatic rings. The number of rotatable bonds is 13. The molecule has 4 fully saturated rings. The predicted octanol–water partition coefficient (Wildman–Crippen LogP) is 2.89. The molecule has 3 heterocycles. The molecule has 364 valence electrons. The second kappa shape index (κ2) is 21.4. The van der Waals surface area contributed by atoms with Gasteiger partial charge in [0.1, 0.15) is 36.3 Å². The number of likely N-dealkylation sites (N-methyl/N-ethyl adjacent to an activating group) is 1. The van der Waals surface area contributed by atoms with Gasteiger partial charge in [-0.05, 0) is 73.0 Å². The zero-order valence-corrected chi connectivity index (χ0v) is 39.5. The van der Waals surface area contributed by atoms with Gasteiger partial charge in [-0.1, -0.05) is 58.0 Å². The van der Waals surface area contributed by atoms with Crippen molar-refractivity contribution in [2.45, 2.75) is 173 Å². The predicted molar refractivity (Wildman–Crippen MR) is 229 cm³/mol. The summed E-state index contributed by atoms with van der Waals surface area (Å²) in [6.07, 6.45) is -9.28. The van der Waals surface area contributed by atoms with E-state index in [4.69, 9.17) is 42.6 Å². The van der Waals surface area contributed by atoms with Gasteiger partial charge in [-0.25, -0.2) is 4.79 Å². The van der Waals surface area contributed by atoms with Gasteiger partial charge in [-0.3, -0.25) is 14.3 Å². The fourth-order valence-electron chi connectivity index (χ4n) is 9.76. The van der Waals surface area contributed by atoms with Crippen LogP contribution in [-0.2, 0) is 58.8 Å². The van der Waals surface area contributed by atoms with Crippen molar-refractivity contribution < 1.29 is 77.4 Å². The Hall–Kier alpha value is -2.85. The molecule has 1 aromatic carbocycles. The number of fused-ring (bicyclic) bond motifs is 1. The van der Waals surface area contributed by atoms with Crippen LogP contribution in [0.4, 0.5) is 4.79 Å². The average Bonchev–Trinajstić information content (AvgIpc) is 3.80. The van der Waals surface area contributed by atoms with Crippen molar-refractivity contribution in [2.24, 2.45) is 29.6 Å². The molecule has 0 radical (unpaired) electrons. The Balaban J connectivity index is 1.42. The van der Waals surface area contributed by atoms with Gasteiger partial charge in [0.2, 0.25) is 0 Å². The standard InChI is InChI=1S/C46H74N2O16/c1-24-22-44(8,56-11)38(63-41-34(50)32(21-25(2)59-41)48(10)20-16-19-47-42(54)58-23-31-17-14-13-15-18-31)27(4)35(61-43-60-30(7)37(52)45(9,57-12)64-43)28(5)40(53)62-39-29(6)46(39,55)36(51)26(3)33(24)49/h13-15,17-18,24-30,32,34-39,41,43,50-52,55H,16,19-23H2,1-12H3,(H,47,54)/t24-,25-,26+,27+,28-,29?,30+,32+,34-,35+,36-,37+,38-,39-,41+,43+,44+,45-,46+/m1/s1. The van der Waals surface area contributed by atoms with Gasteiger partial charge in [0.05, 0.1) is 42.0 Å². The maximum Gasteiger partial charge on any atom is 0.407 e. The van der Waals surface area contributed by atoms with Crippen LogP contribution in [0, 0.1) is 29.6 Å². The van der Waals surface area contributed by atoms with E-state index in [9.17, 15) is 34.8 Å². The number of ketones is 1.